The van der Waals surface area contributed by atoms with E-state index in [0.29, 0.717) is 19.8 Å². The van der Waals surface area contributed by atoms with Crippen LogP contribution in [0.5, 0.6) is 0 Å². The highest BCUT2D eigenvalue weighted by atomic mass is 16.5. The Kier molecular flexibility index (Phi) is 5.38. The molecule has 0 aromatic heterocycles. The smallest absolute Gasteiger partial charge is 0.404 e. The quantitative estimate of drug-likeness (QED) is 0.512. The molecule has 1 amide bonds. The monoisotopic (exact) mass is 217 g/mol. The molecule has 15 heavy (non-hydrogen) atoms. The summed E-state index contributed by atoms with van der Waals surface area (Å²) < 4.78 is 5.26. The zero-order valence-electron chi connectivity index (χ0n) is 8.82. The zero-order chi connectivity index (χ0) is 11.1. The Morgan fingerprint density at radius 2 is 2.40 bits per heavy atom. The van der Waals surface area contributed by atoms with Gasteiger partial charge in [0.2, 0.25) is 0 Å². The van der Waals surface area contributed by atoms with Crippen molar-refractivity contribution in [1.29, 1.82) is 0 Å². The fraction of sp³-hybridized carbons (Fsp3) is 0.889. The average Bonchev–Trinajstić information content (AvgIpc) is 2.59. The Morgan fingerprint density at radius 3 is 3.07 bits per heavy atom. The van der Waals surface area contributed by atoms with Gasteiger partial charge in [-0.3, -0.25) is 4.90 Å². The second-order valence-corrected chi connectivity index (χ2v) is 3.64. The summed E-state index contributed by atoms with van der Waals surface area (Å²) in [6.45, 7) is 4.35. The van der Waals surface area contributed by atoms with Crippen LogP contribution in [0.4, 0.5) is 4.79 Å². The second-order valence-electron chi connectivity index (χ2n) is 3.64. The maximum absolute atomic E-state index is 10.4. The van der Waals surface area contributed by atoms with Gasteiger partial charge in [0.15, 0.2) is 0 Å². The summed E-state index contributed by atoms with van der Waals surface area (Å²) in [4.78, 5) is 12.6. The van der Waals surface area contributed by atoms with Gasteiger partial charge < -0.3 is 20.9 Å². The molecule has 6 heteroatoms. The summed E-state index contributed by atoms with van der Waals surface area (Å²) in [5.74, 6) is 0. The Morgan fingerprint density at radius 1 is 1.60 bits per heavy atom. The van der Waals surface area contributed by atoms with Gasteiger partial charge in [0, 0.05) is 32.2 Å². The van der Waals surface area contributed by atoms with Gasteiger partial charge >= 0.3 is 6.09 Å². The minimum atomic E-state index is -0.943. The number of carbonyl (C=O) groups is 1. The predicted molar refractivity (Wildman–Crippen MR) is 55.9 cm³/mol. The first-order valence-electron chi connectivity index (χ1n) is 5.22. The SMILES string of the molecule is NCCOCCN1CC[C@@H](NC(=O)O)C1. The number of ether oxygens (including phenoxy) is 1. The molecule has 1 rings (SSSR count). The van der Waals surface area contributed by atoms with E-state index in [1.54, 1.807) is 0 Å². The maximum Gasteiger partial charge on any atom is 0.404 e. The van der Waals surface area contributed by atoms with E-state index in [4.69, 9.17) is 15.6 Å². The van der Waals surface area contributed by atoms with Crippen molar-refractivity contribution in [3.63, 3.8) is 0 Å². The highest BCUT2D eigenvalue weighted by Crippen LogP contribution is 2.08. The van der Waals surface area contributed by atoms with E-state index in [-0.39, 0.29) is 6.04 Å². The molecule has 1 aliphatic rings. The van der Waals surface area contributed by atoms with Crippen molar-refractivity contribution in [2.45, 2.75) is 12.5 Å². The number of rotatable bonds is 6. The van der Waals surface area contributed by atoms with Crippen LogP contribution in [0.15, 0.2) is 0 Å². The first kappa shape index (κ1) is 12.2. The van der Waals surface area contributed by atoms with Crippen LogP contribution in [0.2, 0.25) is 0 Å². The summed E-state index contributed by atoms with van der Waals surface area (Å²) >= 11 is 0. The molecule has 4 N–H and O–H groups in total. The maximum atomic E-state index is 10.4. The molecule has 0 saturated carbocycles. The first-order valence-corrected chi connectivity index (χ1v) is 5.22. The molecule has 0 aromatic carbocycles. The number of nitrogens with two attached hydrogens (primary N) is 1. The fourth-order valence-electron chi connectivity index (χ4n) is 1.71. The molecular weight excluding hydrogens is 198 g/mol. The summed E-state index contributed by atoms with van der Waals surface area (Å²) in [7, 11) is 0. The minimum absolute atomic E-state index is 0.0667. The number of carboxylic acid groups (broad SMARTS) is 1. The highest BCUT2D eigenvalue weighted by Gasteiger charge is 2.22. The van der Waals surface area contributed by atoms with E-state index in [1.165, 1.54) is 0 Å². The lowest BCUT2D eigenvalue weighted by Gasteiger charge is -2.15. The first-order chi connectivity index (χ1) is 7.22. The van der Waals surface area contributed by atoms with Crippen LogP contribution >= 0.6 is 0 Å². The Balaban J connectivity index is 2.05. The number of nitrogens with one attached hydrogen (secondary N) is 1. The topological polar surface area (TPSA) is 87.8 Å². The van der Waals surface area contributed by atoms with E-state index in [0.717, 1.165) is 26.1 Å². The van der Waals surface area contributed by atoms with Crippen molar-refractivity contribution in [2.75, 3.05) is 39.4 Å². The molecule has 0 unspecified atom stereocenters. The summed E-state index contributed by atoms with van der Waals surface area (Å²) in [5.41, 5.74) is 5.29. The van der Waals surface area contributed by atoms with Crippen LogP contribution in [-0.2, 0) is 4.74 Å². The zero-order valence-corrected chi connectivity index (χ0v) is 8.82. The van der Waals surface area contributed by atoms with Crippen molar-refractivity contribution in [3.8, 4) is 0 Å². The van der Waals surface area contributed by atoms with Gasteiger partial charge in [0.05, 0.1) is 13.2 Å². The molecule has 88 valence electrons. The molecule has 6 nitrogen and oxygen atoms in total. The van der Waals surface area contributed by atoms with Crippen molar-refractivity contribution in [2.24, 2.45) is 5.73 Å². The van der Waals surface area contributed by atoms with Crippen molar-refractivity contribution < 1.29 is 14.6 Å². The molecule has 1 aliphatic heterocycles. The summed E-state index contributed by atoms with van der Waals surface area (Å²) in [5, 5.41) is 11.0. The average molecular weight is 217 g/mol. The fourth-order valence-corrected chi connectivity index (χ4v) is 1.71. The van der Waals surface area contributed by atoms with Crippen LogP contribution < -0.4 is 11.1 Å². The van der Waals surface area contributed by atoms with Gasteiger partial charge in [0.25, 0.3) is 0 Å². The van der Waals surface area contributed by atoms with E-state index in [1.807, 2.05) is 0 Å². The summed E-state index contributed by atoms with van der Waals surface area (Å²) in [6, 6.07) is 0.0667. The molecule has 0 radical (unpaired) electrons. The Hall–Kier alpha value is -0.850. The van der Waals surface area contributed by atoms with E-state index < -0.39 is 6.09 Å². The molecule has 0 spiro atoms. The Bertz CT molecular complexity index is 201. The molecule has 1 atom stereocenters. The summed E-state index contributed by atoms with van der Waals surface area (Å²) in [6.07, 6.45) is -0.0651. The second kappa shape index (κ2) is 6.60. The normalized spacial score (nSPS) is 21.8. The van der Waals surface area contributed by atoms with Crippen LogP contribution in [-0.4, -0.2) is 61.5 Å². The molecule has 0 aliphatic carbocycles. The van der Waals surface area contributed by atoms with Crippen molar-refractivity contribution in [3.05, 3.63) is 0 Å². The van der Waals surface area contributed by atoms with E-state index in [2.05, 4.69) is 10.2 Å². The molecule has 0 bridgehead atoms. The third kappa shape index (κ3) is 4.96. The van der Waals surface area contributed by atoms with Gasteiger partial charge in [-0.1, -0.05) is 0 Å². The lowest BCUT2D eigenvalue weighted by molar-refractivity contribution is 0.116. The van der Waals surface area contributed by atoms with E-state index >= 15 is 0 Å². The van der Waals surface area contributed by atoms with E-state index in [9.17, 15) is 4.79 Å². The molecule has 1 fully saturated rings. The molecule has 1 saturated heterocycles. The van der Waals surface area contributed by atoms with Crippen molar-refractivity contribution in [1.82, 2.24) is 10.2 Å². The number of hydrogen-bond donors (Lipinski definition) is 3. The van der Waals surface area contributed by atoms with Crippen LogP contribution in [0.3, 0.4) is 0 Å². The van der Waals surface area contributed by atoms with Crippen molar-refractivity contribution >= 4 is 6.09 Å². The van der Waals surface area contributed by atoms with Gasteiger partial charge in [-0.2, -0.15) is 0 Å². The molecule has 0 aromatic rings. The van der Waals surface area contributed by atoms with Crippen LogP contribution in [0.25, 0.3) is 0 Å². The third-order valence-corrected chi connectivity index (χ3v) is 2.41. The number of nitrogens with zero attached hydrogens (tertiary/aromatic N) is 1. The molecule has 1 heterocycles. The number of amides is 1. The Labute approximate surface area is 89.4 Å². The predicted octanol–water partition coefficient (Wildman–Crippen LogP) is -0.696. The van der Waals surface area contributed by atoms with Gasteiger partial charge in [0.1, 0.15) is 0 Å². The lowest BCUT2D eigenvalue weighted by Crippen LogP contribution is -2.36. The largest absolute Gasteiger partial charge is 0.465 e. The number of hydrogen-bond acceptors (Lipinski definition) is 4. The number of likely N-dealkylation sites (tertiary alicyclic amines) is 1. The highest BCUT2D eigenvalue weighted by molar-refractivity contribution is 5.64. The standard InChI is InChI=1S/C9H19N3O3/c10-2-5-15-6-4-12-3-1-8(7-12)11-9(13)14/h8,11H,1-7,10H2,(H,13,14)/t8-/m1/s1. The molecular formula is C9H19N3O3. The van der Waals surface area contributed by atoms with Crippen LogP contribution in [0, 0.1) is 0 Å². The van der Waals surface area contributed by atoms with Crippen LogP contribution in [0.1, 0.15) is 6.42 Å². The van der Waals surface area contributed by atoms with Gasteiger partial charge in [-0.05, 0) is 6.42 Å². The minimum Gasteiger partial charge on any atom is -0.465 e. The van der Waals surface area contributed by atoms with Gasteiger partial charge in [-0.15, -0.1) is 0 Å². The van der Waals surface area contributed by atoms with Gasteiger partial charge in [-0.25, -0.2) is 4.79 Å². The lowest BCUT2D eigenvalue weighted by atomic mass is 10.3. The third-order valence-electron chi connectivity index (χ3n) is 2.41.